The summed E-state index contributed by atoms with van der Waals surface area (Å²) in [5.74, 6) is 1.61. The number of nitro benzene ring substituents is 1. The molecule has 2 rings (SSSR count). The molecule has 1 fully saturated rings. The van der Waals surface area contributed by atoms with E-state index in [0.717, 1.165) is 18.0 Å². The lowest BCUT2D eigenvalue weighted by atomic mass is 10.1. The van der Waals surface area contributed by atoms with Crippen molar-refractivity contribution in [1.29, 1.82) is 0 Å². The van der Waals surface area contributed by atoms with Crippen molar-refractivity contribution in [3.05, 3.63) is 39.9 Å². The average molecular weight is 234 g/mol. The topological polar surface area (TPSA) is 55.2 Å². The first-order chi connectivity index (χ1) is 8.16. The maximum atomic E-state index is 10.6. The van der Waals surface area contributed by atoms with E-state index in [1.54, 1.807) is 12.1 Å². The molecule has 1 atom stereocenters. The van der Waals surface area contributed by atoms with Crippen molar-refractivity contribution < 1.29 is 4.92 Å². The molecule has 0 spiro atoms. The van der Waals surface area contributed by atoms with Gasteiger partial charge in [-0.25, -0.2) is 0 Å². The number of nitrogens with zero attached hydrogens (tertiary/aromatic N) is 1. The molecule has 92 valence electrons. The predicted molar refractivity (Wildman–Crippen MR) is 66.7 cm³/mol. The summed E-state index contributed by atoms with van der Waals surface area (Å²) in [6.07, 6.45) is 2.72. The molecule has 1 aliphatic rings. The molecule has 1 unspecified atom stereocenters. The highest BCUT2D eigenvalue weighted by Crippen LogP contribution is 2.36. The summed E-state index contributed by atoms with van der Waals surface area (Å²) < 4.78 is 0. The lowest BCUT2D eigenvalue weighted by Crippen LogP contribution is -2.21. The van der Waals surface area contributed by atoms with Gasteiger partial charge in [0.15, 0.2) is 0 Å². The zero-order valence-corrected chi connectivity index (χ0v) is 10.1. The van der Waals surface area contributed by atoms with Crippen molar-refractivity contribution in [3.63, 3.8) is 0 Å². The van der Waals surface area contributed by atoms with Gasteiger partial charge in [0.05, 0.1) is 4.92 Å². The van der Waals surface area contributed by atoms with Crippen LogP contribution in [0.4, 0.5) is 5.69 Å². The number of non-ortho nitro benzene ring substituents is 1. The SMILES string of the molecule is CC(CNCc1cccc([N+](=O)[O-])c1)C1CC1. The molecule has 4 nitrogen and oxygen atoms in total. The van der Waals surface area contributed by atoms with Gasteiger partial charge in [0, 0.05) is 18.7 Å². The Morgan fingerprint density at radius 1 is 1.53 bits per heavy atom. The van der Waals surface area contributed by atoms with Gasteiger partial charge in [0.1, 0.15) is 0 Å². The molecule has 1 N–H and O–H groups in total. The number of nitrogens with one attached hydrogen (secondary N) is 1. The summed E-state index contributed by atoms with van der Waals surface area (Å²) in [7, 11) is 0. The third-order valence-corrected chi connectivity index (χ3v) is 3.34. The van der Waals surface area contributed by atoms with Gasteiger partial charge in [-0.3, -0.25) is 10.1 Å². The lowest BCUT2D eigenvalue weighted by molar-refractivity contribution is -0.384. The zero-order chi connectivity index (χ0) is 12.3. The Morgan fingerprint density at radius 3 is 2.94 bits per heavy atom. The Balaban J connectivity index is 1.81. The molecule has 0 aliphatic heterocycles. The van der Waals surface area contributed by atoms with Gasteiger partial charge >= 0.3 is 0 Å². The number of benzene rings is 1. The van der Waals surface area contributed by atoms with E-state index in [2.05, 4.69) is 12.2 Å². The summed E-state index contributed by atoms with van der Waals surface area (Å²) >= 11 is 0. The summed E-state index contributed by atoms with van der Waals surface area (Å²) in [6.45, 7) is 3.96. The molecule has 1 saturated carbocycles. The fraction of sp³-hybridized carbons (Fsp3) is 0.538. The summed E-state index contributed by atoms with van der Waals surface area (Å²) in [6, 6.07) is 6.81. The molecule has 1 aromatic carbocycles. The first-order valence-electron chi connectivity index (χ1n) is 6.11. The van der Waals surface area contributed by atoms with Crippen molar-refractivity contribution in [3.8, 4) is 0 Å². The van der Waals surface area contributed by atoms with E-state index in [0.29, 0.717) is 12.5 Å². The van der Waals surface area contributed by atoms with Crippen LogP contribution in [0.15, 0.2) is 24.3 Å². The molecule has 0 radical (unpaired) electrons. The number of hydrogen-bond donors (Lipinski definition) is 1. The van der Waals surface area contributed by atoms with E-state index in [1.165, 1.54) is 18.9 Å². The predicted octanol–water partition coefficient (Wildman–Crippen LogP) is 2.73. The normalized spacial score (nSPS) is 16.8. The van der Waals surface area contributed by atoms with E-state index in [-0.39, 0.29) is 10.6 Å². The van der Waals surface area contributed by atoms with Crippen molar-refractivity contribution in [2.24, 2.45) is 11.8 Å². The number of hydrogen-bond acceptors (Lipinski definition) is 3. The van der Waals surface area contributed by atoms with Gasteiger partial charge in [-0.1, -0.05) is 19.1 Å². The molecule has 1 aliphatic carbocycles. The molecule has 0 bridgehead atoms. The van der Waals surface area contributed by atoms with Crippen LogP contribution in [-0.2, 0) is 6.54 Å². The highest BCUT2D eigenvalue weighted by molar-refractivity contribution is 5.34. The monoisotopic (exact) mass is 234 g/mol. The smallest absolute Gasteiger partial charge is 0.269 e. The Morgan fingerprint density at radius 2 is 2.29 bits per heavy atom. The van der Waals surface area contributed by atoms with E-state index in [9.17, 15) is 10.1 Å². The fourth-order valence-electron chi connectivity index (χ4n) is 2.06. The Kier molecular flexibility index (Phi) is 3.74. The van der Waals surface area contributed by atoms with Crippen LogP contribution in [0.2, 0.25) is 0 Å². The van der Waals surface area contributed by atoms with Crippen molar-refractivity contribution in [2.75, 3.05) is 6.54 Å². The van der Waals surface area contributed by atoms with Gasteiger partial charge in [-0.2, -0.15) is 0 Å². The van der Waals surface area contributed by atoms with Crippen LogP contribution in [-0.4, -0.2) is 11.5 Å². The van der Waals surface area contributed by atoms with E-state index < -0.39 is 0 Å². The van der Waals surface area contributed by atoms with Gasteiger partial charge in [0.25, 0.3) is 5.69 Å². The second-order valence-electron chi connectivity index (χ2n) is 4.87. The van der Waals surface area contributed by atoms with Gasteiger partial charge in [0.2, 0.25) is 0 Å². The first-order valence-corrected chi connectivity index (χ1v) is 6.11. The average Bonchev–Trinajstić information content (AvgIpc) is 3.13. The maximum absolute atomic E-state index is 10.6. The van der Waals surface area contributed by atoms with Crippen molar-refractivity contribution in [1.82, 2.24) is 5.32 Å². The van der Waals surface area contributed by atoms with Crippen LogP contribution in [0.3, 0.4) is 0 Å². The van der Waals surface area contributed by atoms with Gasteiger partial charge in [-0.05, 0) is 36.8 Å². The van der Waals surface area contributed by atoms with Crippen LogP contribution >= 0.6 is 0 Å². The standard InChI is InChI=1S/C13H18N2O2/c1-10(12-5-6-12)8-14-9-11-3-2-4-13(7-11)15(16)17/h2-4,7,10,12,14H,5-6,8-9H2,1H3. The van der Waals surface area contributed by atoms with Crippen molar-refractivity contribution in [2.45, 2.75) is 26.3 Å². The van der Waals surface area contributed by atoms with Gasteiger partial charge in [-0.15, -0.1) is 0 Å². The molecule has 4 heteroatoms. The van der Waals surface area contributed by atoms with E-state index in [1.807, 2.05) is 6.07 Å². The Hall–Kier alpha value is -1.42. The molecular weight excluding hydrogens is 216 g/mol. The minimum Gasteiger partial charge on any atom is -0.312 e. The third-order valence-electron chi connectivity index (χ3n) is 3.34. The second kappa shape index (κ2) is 5.27. The lowest BCUT2D eigenvalue weighted by Gasteiger charge is -2.11. The number of nitro groups is 1. The Labute approximate surface area is 101 Å². The van der Waals surface area contributed by atoms with E-state index >= 15 is 0 Å². The molecule has 0 amide bonds. The molecule has 1 aromatic rings. The number of rotatable bonds is 6. The maximum Gasteiger partial charge on any atom is 0.269 e. The second-order valence-corrected chi connectivity index (χ2v) is 4.87. The van der Waals surface area contributed by atoms with Crippen LogP contribution in [0.5, 0.6) is 0 Å². The highest BCUT2D eigenvalue weighted by Gasteiger charge is 2.27. The Bertz CT molecular complexity index is 402. The van der Waals surface area contributed by atoms with Crippen LogP contribution < -0.4 is 5.32 Å². The minimum atomic E-state index is -0.351. The van der Waals surface area contributed by atoms with Crippen molar-refractivity contribution >= 4 is 5.69 Å². The minimum absolute atomic E-state index is 0.166. The third kappa shape index (κ3) is 3.53. The summed E-state index contributed by atoms with van der Waals surface area (Å²) in [5.41, 5.74) is 1.14. The molecule has 0 saturated heterocycles. The largest absolute Gasteiger partial charge is 0.312 e. The summed E-state index contributed by atoms with van der Waals surface area (Å²) in [5, 5.41) is 14.0. The highest BCUT2D eigenvalue weighted by atomic mass is 16.6. The van der Waals surface area contributed by atoms with E-state index in [4.69, 9.17) is 0 Å². The van der Waals surface area contributed by atoms with Crippen LogP contribution in [0, 0.1) is 22.0 Å². The fourth-order valence-corrected chi connectivity index (χ4v) is 2.06. The zero-order valence-electron chi connectivity index (χ0n) is 10.1. The molecule has 17 heavy (non-hydrogen) atoms. The van der Waals surface area contributed by atoms with Crippen LogP contribution in [0.25, 0.3) is 0 Å². The quantitative estimate of drug-likeness (QED) is 0.608. The molecule has 0 heterocycles. The summed E-state index contributed by atoms with van der Waals surface area (Å²) in [4.78, 5) is 10.3. The molecule has 0 aromatic heterocycles. The van der Waals surface area contributed by atoms with Gasteiger partial charge < -0.3 is 5.32 Å². The molecular formula is C13H18N2O2. The first kappa shape index (κ1) is 12.0. The van der Waals surface area contributed by atoms with Crippen LogP contribution in [0.1, 0.15) is 25.3 Å².